The number of carbonyl (C=O) groups is 1. The lowest BCUT2D eigenvalue weighted by molar-refractivity contribution is 0.0364. The van der Waals surface area contributed by atoms with Crippen molar-refractivity contribution in [2.45, 2.75) is 52.2 Å². The predicted molar refractivity (Wildman–Crippen MR) is 78.8 cm³/mol. The second-order valence-electron chi connectivity index (χ2n) is 5.92. The Morgan fingerprint density at radius 2 is 2.00 bits per heavy atom. The molecule has 0 spiro atoms. The maximum Gasteiger partial charge on any atom is 0.424 e. The second-order valence-corrected chi connectivity index (χ2v) is 7.78. The summed E-state index contributed by atoms with van der Waals surface area (Å²) in [7, 11) is -3.69. The Balaban J connectivity index is 3.04. The quantitative estimate of drug-likeness (QED) is 0.804. The Morgan fingerprint density at radius 1 is 1.40 bits per heavy atom. The van der Waals surface area contributed by atoms with Crippen LogP contribution in [0.5, 0.6) is 0 Å². The van der Waals surface area contributed by atoms with Gasteiger partial charge in [0.15, 0.2) is 0 Å². The Kier molecular flexibility index (Phi) is 5.02. The molecule has 20 heavy (non-hydrogen) atoms. The number of hydrogen-bond acceptors (Lipinski definition) is 4. The Labute approximate surface area is 121 Å². The number of sulfonamides is 1. The third-order valence-corrected chi connectivity index (χ3v) is 4.05. The molecule has 1 aliphatic rings. The van der Waals surface area contributed by atoms with E-state index in [0.717, 1.165) is 29.0 Å². The minimum absolute atomic E-state index is 0.537. The third kappa shape index (κ3) is 4.67. The molecular formula is C14H23NO4S. The second kappa shape index (κ2) is 5.99. The van der Waals surface area contributed by atoms with Crippen LogP contribution in [-0.2, 0) is 14.8 Å². The molecule has 0 saturated heterocycles. The summed E-state index contributed by atoms with van der Waals surface area (Å²) in [5.74, 6) is 0. The zero-order valence-corrected chi connectivity index (χ0v) is 13.5. The number of rotatable bonds is 3. The van der Waals surface area contributed by atoms with Gasteiger partial charge in [-0.3, -0.25) is 0 Å². The van der Waals surface area contributed by atoms with Crippen molar-refractivity contribution in [3.8, 4) is 0 Å². The third-order valence-electron chi connectivity index (χ3n) is 2.87. The van der Waals surface area contributed by atoms with Crippen molar-refractivity contribution in [1.82, 2.24) is 4.31 Å². The van der Waals surface area contributed by atoms with Gasteiger partial charge in [0, 0.05) is 0 Å². The standard InChI is InChI=1S/C14H23NO4S/c1-11(12-9-7-6-8-10-12)15(20(5,17)18)13(16)19-14(2,3)4/h6-7,9,11H,8,10H2,1-5H3/t11-/m0/s1. The van der Waals surface area contributed by atoms with Crippen LogP contribution >= 0.6 is 0 Å². The zero-order valence-electron chi connectivity index (χ0n) is 12.7. The maximum absolute atomic E-state index is 12.2. The highest BCUT2D eigenvalue weighted by Gasteiger charge is 2.34. The van der Waals surface area contributed by atoms with E-state index in [4.69, 9.17) is 4.74 Å². The summed E-state index contributed by atoms with van der Waals surface area (Å²) >= 11 is 0. The molecule has 0 aromatic heterocycles. The largest absolute Gasteiger partial charge is 0.443 e. The zero-order chi connectivity index (χ0) is 15.6. The van der Waals surface area contributed by atoms with Gasteiger partial charge >= 0.3 is 6.09 Å². The fourth-order valence-electron chi connectivity index (χ4n) is 2.01. The van der Waals surface area contributed by atoms with Crippen LogP contribution in [0.2, 0.25) is 0 Å². The van der Waals surface area contributed by atoms with Crippen LogP contribution in [0.1, 0.15) is 40.5 Å². The summed E-state index contributed by atoms with van der Waals surface area (Å²) in [4.78, 5) is 12.2. The molecular weight excluding hydrogens is 278 g/mol. The summed E-state index contributed by atoms with van der Waals surface area (Å²) < 4.78 is 29.9. The highest BCUT2D eigenvalue weighted by molar-refractivity contribution is 7.88. The minimum Gasteiger partial charge on any atom is -0.443 e. The lowest BCUT2D eigenvalue weighted by Crippen LogP contribution is -2.46. The van der Waals surface area contributed by atoms with Crippen LogP contribution in [-0.4, -0.2) is 36.7 Å². The fraction of sp³-hybridized carbons (Fsp3) is 0.643. The summed E-state index contributed by atoms with van der Waals surface area (Å²) in [5.41, 5.74) is 0.171. The van der Waals surface area contributed by atoms with Crippen molar-refractivity contribution >= 4 is 16.1 Å². The summed E-state index contributed by atoms with van der Waals surface area (Å²) in [5, 5.41) is 0. The highest BCUT2D eigenvalue weighted by atomic mass is 32.2. The topological polar surface area (TPSA) is 63.7 Å². The van der Waals surface area contributed by atoms with Crippen LogP contribution in [0.4, 0.5) is 4.79 Å². The van der Waals surface area contributed by atoms with Gasteiger partial charge in [-0.25, -0.2) is 13.2 Å². The first-order valence-electron chi connectivity index (χ1n) is 6.60. The first-order valence-corrected chi connectivity index (χ1v) is 8.45. The molecule has 0 N–H and O–H groups in total. The van der Waals surface area contributed by atoms with Gasteiger partial charge in [-0.1, -0.05) is 18.2 Å². The van der Waals surface area contributed by atoms with E-state index in [1.54, 1.807) is 27.7 Å². The predicted octanol–water partition coefficient (Wildman–Crippen LogP) is 2.85. The van der Waals surface area contributed by atoms with E-state index in [0.29, 0.717) is 0 Å². The molecule has 1 atom stereocenters. The molecule has 114 valence electrons. The molecule has 0 aromatic carbocycles. The van der Waals surface area contributed by atoms with Crippen LogP contribution in [0.3, 0.4) is 0 Å². The van der Waals surface area contributed by atoms with Gasteiger partial charge in [0.25, 0.3) is 0 Å². The number of carbonyl (C=O) groups excluding carboxylic acids is 1. The smallest absolute Gasteiger partial charge is 0.424 e. The van der Waals surface area contributed by atoms with Gasteiger partial charge in [0.2, 0.25) is 10.0 Å². The molecule has 1 amide bonds. The van der Waals surface area contributed by atoms with Crippen LogP contribution in [0.15, 0.2) is 23.8 Å². The number of allylic oxidation sites excluding steroid dienone is 3. The van der Waals surface area contributed by atoms with Crippen molar-refractivity contribution in [3.63, 3.8) is 0 Å². The molecule has 0 aromatic rings. The van der Waals surface area contributed by atoms with Crippen LogP contribution < -0.4 is 0 Å². The molecule has 0 bridgehead atoms. The Hall–Kier alpha value is -1.30. The monoisotopic (exact) mass is 301 g/mol. The van der Waals surface area contributed by atoms with Crippen LogP contribution in [0.25, 0.3) is 0 Å². The number of ether oxygens (including phenoxy) is 1. The van der Waals surface area contributed by atoms with E-state index in [2.05, 4.69) is 0 Å². The van der Waals surface area contributed by atoms with Gasteiger partial charge < -0.3 is 4.74 Å². The molecule has 0 heterocycles. The number of hydrogen-bond donors (Lipinski definition) is 0. The van der Waals surface area contributed by atoms with Gasteiger partial charge in [0.1, 0.15) is 5.60 Å². The van der Waals surface area contributed by atoms with Gasteiger partial charge in [-0.2, -0.15) is 4.31 Å². The molecule has 0 saturated carbocycles. The first kappa shape index (κ1) is 16.8. The average molecular weight is 301 g/mol. The molecule has 0 unspecified atom stereocenters. The maximum atomic E-state index is 12.2. The SMILES string of the molecule is C[C@@H](C1=CC=CCC1)N(C(=O)OC(C)(C)C)S(C)(=O)=O. The normalized spacial score (nSPS) is 17.4. The van der Waals surface area contributed by atoms with E-state index in [1.165, 1.54) is 0 Å². The van der Waals surface area contributed by atoms with Crippen molar-refractivity contribution < 1.29 is 17.9 Å². The molecule has 1 rings (SSSR count). The Morgan fingerprint density at radius 3 is 2.40 bits per heavy atom. The highest BCUT2D eigenvalue weighted by Crippen LogP contribution is 2.23. The molecule has 6 heteroatoms. The summed E-state index contributed by atoms with van der Waals surface area (Å²) in [6.45, 7) is 6.83. The number of nitrogens with zero attached hydrogens (tertiary/aromatic N) is 1. The fourth-order valence-corrected chi connectivity index (χ4v) is 3.03. The van der Waals surface area contributed by atoms with Gasteiger partial charge in [-0.15, -0.1) is 0 Å². The van der Waals surface area contributed by atoms with E-state index in [9.17, 15) is 13.2 Å². The van der Waals surface area contributed by atoms with Crippen molar-refractivity contribution in [1.29, 1.82) is 0 Å². The van der Waals surface area contributed by atoms with Crippen molar-refractivity contribution in [2.24, 2.45) is 0 Å². The molecule has 0 radical (unpaired) electrons. The number of amides is 1. The van der Waals surface area contributed by atoms with Gasteiger partial charge in [-0.05, 0) is 46.1 Å². The minimum atomic E-state index is -3.69. The van der Waals surface area contributed by atoms with E-state index in [1.807, 2.05) is 18.2 Å². The molecule has 0 aliphatic heterocycles. The lowest BCUT2D eigenvalue weighted by atomic mass is 9.99. The van der Waals surface area contributed by atoms with E-state index in [-0.39, 0.29) is 0 Å². The van der Waals surface area contributed by atoms with E-state index < -0.39 is 27.8 Å². The first-order chi connectivity index (χ1) is 9.02. The molecule has 5 nitrogen and oxygen atoms in total. The van der Waals surface area contributed by atoms with Gasteiger partial charge in [0.05, 0.1) is 12.3 Å². The molecule has 0 fully saturated rings. The summed E-state index contributed by atoms with van der Waals surface area (Å²) in [6, 6.07) is -0.537. The molecule has 1 aliphatic carbocycles. The summed E-state index contributed by atoms with van der Waals surface area (Å²) in [6.07, 6.45) is 7.53. The van der Waals surface area contributed by atoms with Crippen molar-refractivity contribution in [3.05, 3.63) is 23.8 Å². The average Bonchev–Trinajstić information content (AvgIpc) is 2.25. The lowest BCUT2D eigenvalue weighted by Gasteiger charge is -2.31. The Bertz CT molecular complexity index is 526. The van der Waals surface area contributed by atoms with E-state index >= 15 is 0 Å². The van der Waals surface area contributed by atoms with Crippen molar-refractivity contribution in [2.75, 3.05) is 6.26 Å². The van der Waals surface area contributed by atoms with Crippen LogP contribution in [0, 0.1) is 0 Å².